The first-order valence-corrected chi connectivity index (χ1v) is 19.9. The summed E-state index contributed by atoms with van der Waals surface area (Å²) in [6, 6.07) is 30.5. The molecule has 0 radical (unpaired) electrons. The molecule has 0 heterocycles. The molecule has 3 nitrogen and oxygen atoms in total. The zero-order chi connectivity index (χ0) is 23.5. The van der Waals surface area contributed by atoms with E-state index in [-0.39, 0.29) is 0 Å². The van der Waals surface area contributed by atoms with Crippen molar-refractivity contribution in [1.82, 2.24) is 0 Å². The van der Waals surface area contributed by atoms with Gasteiger partial charge in [0.15, 0.2) is 0 Å². The number of hydrogen-bond donors (Lipinski definition) is 0. The third-order valence-electron chi connectivity index (χ3n) is 6.06. The van der Waals surface area contributed by atoms with Crippen molar-refractivity contribution in [3.05, 3.63) is 91.0 Å². The molecule has 0 bridgehead atoms. The zero-order valence-electron chi connectivity index (χ0n) is 20.4. The molecule has 180 valence electrons. The van der Waals surface area contributed by atoms with Gasteiger partial charge >= 0.3 is 215 Å². The predicted molar refractivity (Wildman–Crippen MR) is 144 cm³/mol. The van der Waals surface area contributed by atoms with Crippen LogP contribution < -0.4 is 14.2 Å². The average molecular weight is 562 g/mol. The van der Waals surface area contributed by atoms with Crippen LogP contribution in [0.3, 0.4) is 0 Å². The molecule has 3 aromatic carbocycles. The Balaban J connectivity index is 1.30. The van der Waals surface area contributed by atoms with E-state index < -0.39 is 21.4 Å². The molecule has 0 aliphatic carbocycles. The second-order valence-electron chi connectivity index (χ2n) is 8.84. The second-order valence-corrected chi connectivity index (χ2v) is 18.7. The van der Waals surface area contributed by atoms with E-state index in [4.69, 9.17) is 14.2 Å². The molecule has 0 aromatic heterocycles. The normalized spacial score (nSPS) is 10.6. The van der Waals surface area contributed by atoms with E-state index >= 15 is 0 Å². The first-order chi connectivity index (χ1) is 16.9. The quantitative estimate of drug-likeness (QED) is 0.147. The molecule has 3 rings (SSSR count). The van der Waals surface area contributed by atoms with Gasteiger partial charge in [0.25, 0.3) is 0 Å². The third kappa shape index (κ3) is 11.9. The summed E-state index contributed by atoms with van der Waals surface area (Å²) in [5.41, 5.74) is 0. The van der Waals surface area contributed by atoms with Crippen molar-refractivity contribution in [1.29, 1.82) is 0 Å². The Bertz CT molecular complexity index is 740. The van der Waals surface area contributed by atoms with E-state index in [0.29, 0.717) is 0 Å². The van der Waals surface area contributed by atoms with Gasteiger partial charge in [0.1, 0.15) is 0 Å². The van der Waals surface area contributed by atoms with E-state index in [1.54, 1.807) is 0 Å². The van der Waals surface area contributed by atoms with Gasteiger partial charge in [-0.2, -0.15) is 0 Å². The van der Waals surface area contributed by atoms with Crippen molar-refractivity contribution in [3.63, 3.8) is 0 Å². The SMILES string of the molecule is c1ccc(OCCC[CH2][In]([CH2]CCCOc2ccccc2)[CH2]CCCOc2ccccc2)cc1. The zero-order valence-corrected chi connectivity index (χ0v) is 23.7. The fraction of sp³-hybridized carbons (Fsp3) is 0.400. The van der Waals surface area contributed by atoms with E-state index in [0.717, 1.165) is 56.3 Å². The molecule has 0 N–H and O–H groups in total. The Morgan fingerprint density at radius 1 is 0.382 bits per heavy atom. The molecule has 0 amide bonds. The number of rotatable bonds is 18. The minimum atomic E-state index is -1.53. The van der Waals surface area contributed by atoms with Crippen LogP contribution in [0.2, 0.25) is 12.5 Å². The molecule has 34 heavy (non-hydrogen) atoms. The van der Waals surface area contributed by atoms with Crippen LogP contribution in [0.15, 0.2) is 91.0 Å². The van der Waals surface area contributed by atoms with E-state index in [1.165, 1.54) is 31.8 Å². The fourth-order valence-electron chi connectivity index (χ4n) is 4.16. The van der Waals surface area contributed by atoms with Gasteiger partial charge in [-0.3, -0.25) is 0 Å². The van der Waals surface area contributed by atoms with Crippen LogP contribution in [0, 0.1) is 0 Å². The Kier molecular flexibility index (Phi) is 13.6. The summed E-state index contributed by atoms with van der Waals surface area (Å²) in [6.45, 7) is 2.50. The molecular weight excluding hydrogens is 523 g/mol. The van der Waals surface area contributed by atoms with Crippen molar-refractivity contribution < 1.29 is 14.2 Å². The van der Waals surface area contributed by atoms with Crippen LogP contribution in [0.25, 0.3) is 0 Å². The van der Waals surface area contributed by atoms with Gasteiger partial charge in [-0.1, -0.05) is 0 Å². The van der Waals surface area contributed by atoms with Crippen LogP contribution >= 0.6 is 0 Å². The van der Waals surface area contributed by atoms with Crippen LogP contribution in [-0.4, -0.2) is 41.3 Å². The van der Waals surface area contributed by atoms with Crippen LogP contribution in [0.5, 0.6) is 17.2 Å². The van der Waals surface area contributed by atoms with Crippen LogP contribution in [-0.2, 0) is 0 Å². The maximum absolute atomic E-state index is 5.89. The van der Waals surface area contributed by atoms with Gasteiger partial charge in [-0.15, -0.1) is 0 Å². The maximum atomic E-state index is 5.89. The van der Waals surface area contributed by atoms with Gasteiger partial charge in [0, 0.05) is 0 Å². The fourth-order valence-corrected chi connectivity index (χ4v) is 14.0. The number of unbranched alkanes of at least 4 members (excludes halogenated alkanes) is 3. The van der Waals surface area contributed by atoms with Crippen molar-refractivity contribution >= 4 is 21.4 Å². The summed E-state index contributed by atoms with van der Waals surface area (Å²) >= 11 is -1.53. The van der Waals surface area contributed by atoms with Gasteiger partial charge in [-0.25, -0.2) is 0 Å². The summed E-state index contributed by atoms with van der Waals surface area (Å²) in [4.78, 5) is 0. The monoisotopic (exact) mass is 562 g/mol. The molecule has 0 saturated heterocycles. The standard InChI is InChI=1S/3C10H13O.In/c3*1-2-3-9-11-10-7-5-4-6-8-10;/h3*4-8H,1-3,9H2;. The average Bonchev–Trinajstić information content (AvgIpc) is 2.89. The van der Waals surface area contributed by atoms with Gasteiger partial charge in [-0.05, 0) is 0 Å². The number of hydrogen-bond acceptors (Lipinski definition) is 3. The van der Waals surface area contributed by atoms with Gasteiger partial charge in [0.05, 0.1) is 0 Å². The molecule has 0 unspecified atom stereocenters. The summed E-state index contributed by atoms with van der Waals surface area (Å²) < 4.78 is 22.1. The molecule has 0 aliphatic heterocycles. The van der Waals surface area contributed by atoms with Crippen molar-refractivity contribution in [3.8, 4) is 17.2 Å². The summed E-state index contributed by atoms with van der Waals surface area (Å²) in [6.07, 6.45) is 7.43. The van der Waals surface area contributed by atoms with E-state index in [1.807, 2.05) is 91.0 Å². The Morgan fingerprint density at radius 3 is 0.971 bits per heavy atom. The topological polar surface area (TPSA) is 27.7 Å². The Hall–Kier alpha value is -2.07. The van der Waals surface area contributed by atoms with Gasteiger partial charge < -0.3 is 0 Å². The molecular formula is C30H39InO3. The first-order valence-electron chi connectivity index (χ1n) is 12.9. The number of benzene rings is 3. The Morgan fingerprint density at radius 2 is 0.676 bits per heavy atom. The summed E-state index contributed by atoms with van der Waals surface area (Å²) in [7, 11) is 0. The molecule has 0 fully saturated rings. The Labute approximate surface area is 214 Å². The molecule has 0 aliphatic rings. The number of ether oxygens (including phenoxy) is 3. The van der Waals surface area contributed by atoms with E-state index in [9.17, 15) is 0 Å². The van der Waals surface area contributed by atoms with Crippen LogP contribution in [0.4, 0.5) is 0 Å². The molecule has 0 atom stereocenters. The summed E-state index contributed by atoms with van der Waals surface area (Å²) in [5.74, 6) is 2.96. The van der Waals surface area contributed by atoms with E-state index in [2.05, 4.69) is 0 Å². The molecule has 4 heteroatoms. The minimum absolute atomic E-state index is 0.832. The van der Waals surface area contributed by atoms with Gasteiger partial charge in [0.2, 0.25) is 0 Å². The first kappa shape index (κ1) is 26.5. The number of para-hydroxylation sites is 3. The molecule has 0 saturated carbocycles. The second kappa shape index (κ2) is 17.4. The van der Waals surface area contributed by atoms with Crippen molar-refractivity contribution in [2.24, 2.45) is 0 Å². The third-order valence-corrected chi connectivity index (χ3v) is 16.5. The predicted octanol–water partition coefficient (Wildman–Crippen LogP) is 8.06. The van der Waals surface area contributed by atoms with Crippen LogP contribution in [0.1, 0.15) is 38.5 Å². The van der Waals surface area contributed by atoms with Crippen molar-refractivity contribution in [2.45, 2.75) is 51.1 Å². The molecule has 3 aromatic rings. The summed E-state index contributed by atoms with van der Waals surface area (Å²) in [5, 5.41) is 0. The van der Waals surface area contributed by atoms with Crippen molar-refractivity contribution in [2.75, 3.05) is 19.8 Å². The molecule has 0 spiro atoms.